The fraction of sp³-hybridized carbons (Fsp3) is 0.0357. The van der Waals surface area contributed by atoms with E-state index in [2.05, 4.69) is 9.98 Å². The Balaban J connectivity index is 0.000000212. The summed E-state index contributed by atoms with van der Waals surface area (Å²) in [6.07, 6.45) is 3.34. The molecule has 0 bridgehead atoms. The molecular weight excluding hydrogens is 923 g/mol. The summed E-state index contributed by atoms with van der Waals surface area (Å²) in [5.41, 5.74) is 8.94. The van der Waals surface area contributed by atoms with Crippen LogP contribution >= 0.6 is 0 Å². The summed E-state index contributed by atoms with van der Waals surface area (Å²) in [5, 5.41) is 45.1. The van der Waals surface area contributed by atoms with Crippen LogP contribution in [0.5, 0.6) is 23.0 Å². The molecule has 0 fully saturated rings. The summed E-state index contributed by atoms with van der Waals surface area (Å²) < 4.78 is 0. The first kappa shape index (κ1) is 48.1. The van der Waals surface area contributed by atoms with E-state index in [1.165, 1.54) is 0 Å². The zero-order valence-electron chi connectivity index (χ0n) is 36.6. The molecule has 0 spiro atoms. The van der Waals surface area contributed by atoms with Crippen molar-refractivity contribution in [1.29, 1.82) is 0 Å². The van der Waals surface area contributed by atoms with Gasteiger partial charge in [0, 0.05) is 96.2 Å². The predicted molar refractivity (Wildman–Crippen MR) is 264 cm³/mol. The van der Waals surface area contributed by atoms with Crippen molar-refractivity contribution in [3.63, 3.8) is 0 Å². The molecule has 0 saturated heterocycles. The Hall–Kier alpha value is -7.37. The minimum absolute atomic E-state index is 0. The predicted octanol–water partition coefficient (Wildman–Crippen LogP) is 13.9. The van der Waals surface area contributed by atoms with Crippen molar-refractivity contribution in [2.75, 3.05) is 0 Å². The average Bonchev–Trinajstić information content (AvgIpc) is 3.32. The topological polar surface area (TPSA) is 130 Å². The SMILES string of the molecule is CC(=Nc1ccccc1-c1ccccc1N=C(C)c1ccccc1O)c1ccccc1O.Oc1ccc2ccccc2c1C=Nc1ccccc1N=Cc1c(O)ccc2ccccc12.[Zn].[Zn]. The normalized spacial score (nSPS) is 11.5. The van der Waals surface area contributed by atoms with Gasteiger partial charge in [0.15, 0.2) is 0 Å². The van der Waals surface area contributed by atoms with E-state index in [1.807, 2.05) is 172 Å². The summed E-state index contributed by atoms with van der Waals surface area (Å²) in [6.45, 7) is 3.77. The number of aromatic hydroxyl groups is 4. The van der Waals surface area contributed by atoms with Crippen molar-refractivity contribution >= 4 is 68.1 Å². The number of hydrogen-bond acceptors (Lipinski definition) is 8. The monoisotopic (exact) mass is 964 g/mol. The molecule has 316 valence electrons. The van der Waals surface area contributed by atoms with Crippen LogP contribution in [0.2, 0.25) is 0 Å². The summed E-state index contributed by atoms with van der Waals surface area (Å²) >= 11 is 0. The molecule has 0 heterocycles. The van der Waals surface area contributed by atoms with Gasteiger partial charge in [-0.25, -0.2) is 0 Å². The van der Waals surface area contributed by atoms with Crippen LogP contribution in [0.4, 0.5) is 22.7 Å². The Morgan fingerprint density at radius 2 is 0.682 bits per heavy atom. The third kappa shape index (κ3) is 11.1. The second kappa shape index (κ2) is 22.5. The van der Waals surface area contributed by atoms with Crippen LogP contribution in [0, 0.1) is 0 Å². The molecule has 0 aliphatic rings. The minimum Gasteiger partial charge on any atom is -0.507 e. The first-order valence-corrected chi connectivity index (χ1v) is 20.7. The molecule has 9 rings (SSSR count). The van der Waals surface area contributed by atoms with Gasteiger partial charge in [0.1, 0.15) is 23.0 Å². The Morgan fingerprint density at radius 3 is 1.09 bits per heavy atom. The number of hydrogen-bond donors (Lipinski definition) is 4. The molecule has 0 atom stereocenters. The van der Waals surface area contributed by atoms with Crippen LogP contribution in [-0.2, 0) is 39.0 Å². The van der Waals surface area contributed by atoms with Crippen LogP contribution in [0.25, 0.3) is 32.7 Å². The van der Waals surface area contributed by atoms with Crippen molar-refractivity contribution in [2.24, 2.45) is 20.0 Å². The molecule has 66 heavy (non-hydrogen) atoms. The fourth-order valence-corrected chi connectivity index (χ4v) is 7.43. The third-order valence-electron chi connectivity index (χ3n) is 10.7. The standard InChI is InChI=1S/C28H20N2O2.C28H24N2O2.2Zn/c31-27-15-13-19-7-1-3-9-21(19)23(27)17-29-25-11-5-6-12-26(25)30-18-24-22-10-4-2-8-20(22)14-16-28(24)32;1-19(21-11-5-9-17-27(21)31)29-25-15-7-3-13-23(25)24-14-4-8-16-26(24)30-20(2)22-12-6-10-18-28(22)32;;/h1-18,31-32H;3-18,31-32H,1-2H3;;. The van der Waals surface area contributed by atoms with E-state index >= 15 is 0 Å². The molecule has 0 aliphatic heterocycles. The number of nitrogens with zero attached hydrogens (tertiary/aromatic N) is 4. The zero-order chi connectivity index (χ0) is 44.4. The Labute approximate surface area is 409 Å². The molecular formula is C56H44N4O4Zn2. The van der Waals surface area contributed by atoms with Crippen molar-refractivity contribution in [3.8, 4) is 34.1 Å². The van der Waals surface area contributed by atoms with Gasteiger partial charge < -0.3 is 20.4 Å². The second-order valence-electron chi connectivity index (χ2n) is 14.9. The first-order chi connectivity index (χ1) is 31.2. The van der Waals surface area contributed by atoms with Gasteiger partial charge in [-0.2, -0.15) is 0 Å². The molecule has 0 aliphatic carbocycles. The number of para-hydroxylation sites is 6. The first-order valence-electron chi connectivity index (χ1n) is 20.7. The number of benzene rings is 9. The van der Waals surface area contributed by atoms with Gasteiger partial charge in [-0.15, -0.1) is 0 Å². The van der Waals surface area contributed by atoms with E-state index in [9.17, 15) is 20.4 Å². The van der Waals surface area contributed by atoms with Crippen molar-refractivity contribution in [2.45, 2.75) is 13.8 Å². The maximum absolute atomic E-state index is 10.4. The number of rotatable bonds is 9. The minimum atomic E-state index is 0. The molecule has 0 aromatic heterocycles. The number of aliphatic imine (C=N–C) groups is 4. The van der Waals surface area contributed by atoms with Crippen LogP contribution in [0.3, 0.4) is 0 Å². The van der Waals surface area contributed by atoms with Crippen molar-refractivity contribution < 1.29 is 59.4 Å². The van der Waals surface area contributed by atoms with Crippen LogP contribution in [-0.4, -0.2) is 44.3 Å². The van der Waals surface area contributed by atoms with Crippen molar-refractivity contribution in [3.05, 3.63) is 216 Å². The van der Waals surface area contributed by atoms with Gasteiger partial charge in [-0.1, -0.05) is 133 Å². The fourth-order valence-electron chi connectivity index (χ4n) is 7.43. The molecule has 8 nitrogen and oxygen atoms in total. The van der Waals surface area contributed by atoms with Gasteiger partial charge in [-0.05, 0) is 96.1 Å². The molecule has 4 N–H and O–H groups in total. The van der Waals surface area contributed by atoms with Gasteiger partial charge >= 0.3 is 0 Å². The zero-order valence-corrected chi connectivity index (χ0v) is 42.6. The van der Waals surface area contributed by atoms with E-state index in [4.69, 9.17) is 9.98 Å². The molecule has 0 amide bonds. The van der Waals surface area contributed by atoms with E-state index in [0.717, 1.165) is 55.5 Å². The summed E-state index contributed by atoms with van der Waals surface area (Å²) in [7, 11) is 0. The average molecular weight is 968 g/mol. The largest absolute Gasteiger partial charge is 0.507 e. The summed E-state index contributed by atoms with van der Waals surface area (Å²) in [6, 6.07) is 60.5. The van der Waals surface area contributed by atoms with Gasteiger partial charge in [0.25, 0.3) is 0 Å². The summed E-state index contributed by atoms with van der Waals surface area (Å²) in [4.78, 5) is 18.9. The molecule has 9 aromatic carbocycles. The third-order valence-corrected chi connectivity index (χ3v) is 10.7. The van der Waals surface area contributed by atoms with Gasteiger partial charge in [-0.3, -0.25) is 20.0 Å². The maximum atomic E-state index is 10.4. The Bertz CT molecular complexity index is 3060. The molecule has 0 radical (unpaired) electrons. The number of phenols is 4. The van der Waals surface area contributed by atoms with Gasteiger partial charge in [0.2, 0.25) is 0 Å². The Morgan fingerprint density at radius 1 is 0.348 bits per heavy atom. The van der Waals surface area contributed by atoms with E-state index in [0.29, 0.717) is 33.6 Å². The summed E-state index contributed by atoms with van der Waals surface area (Å²) in [5.74, 6) is 0.757. The van der Waals surface area contributed by atoms with Crippen LogP contribution in [0.1, 0.15) is 36.1 Å². The second-order valence-corrected chi connectivity index (χ2v) is 14.9. The Kier molecular flexibility index (Phi) is 16.4. The smallest absolute Gasteiger partial charge is 0.124 e. The molecule has 10 heteroatoms. The quantitative estimate of drug-likeness (QED) is 0.0848. The molecule has 0 saturated carbocycles. The van der Waals surface area contributed by atoms with Crippen molar-refractivity contribution in [1.82, 2.24) is 0 Å². The van der Waals surface area contributed by atoms with E-state index < -0.39 is 0 Å². The van der Waals surface area contributed by atoms with Gasteiger partial charge in [0.05, 0.1) is 22.7 Å². The molecule has 0 unspecified atom stereocenters. The van der Waals surface area contributed by atoms with E-state index in [1.54, 1.807) is 48.8 Å². The molecule has 9 aromatic rings. The van der Waals surface area contributed by atoms with Crippen LogP contribution in [0.15, 0.2) is 214 Å². The van der Waals surface area contributed by atoms with Crippen LogP contribution < -0.4 is 0 Å². The van der Waals surface area contributed by atoms with E-state index in [-0.39, 0.29) is 62.0 Å². The number of phenolic OH excluding ortho intramolecular Hbond substituents is 4. The number of fused-ring (bicyclic) bond motifs is 2. The maximum Gasteiger partial charge on any atom is 0.124 e.